The van der Waals surface area contributed by atoms with Crippen LogP contribution >= 0.6 is 0 Å². The first kappa shape index (κ1) is 18.5. The quantitative estimate of drug-likeness (QED) is 0.820. The molecule has 1 N–H and O–H groups in total. The fourth-order valence-corrected chi connectivity index (χ4v) is 4.43. The van der Waals surface area contributed by atoms with Crippen molar-refractivity contribution in [1.82, 2.24) is 5.32 Å². The van der Waals surface area contributed by atoms with Crippen molar-refractivity contribution in [2.75, 3.05) is 12.3 Å². The van der Waals surface area contributed by atoms with Crippen LogP contribution in [0.25, 0.3) is 0 Å². The van der Waals surface area contributed by atoms with E-state index < -0.39 is 21.5 Å². The van der Waals surface area contributed by atoms with Crippen LogP contribution in [0.4, 0.5) is 0 Å². The summed E-state index contributed by atoms with van der Waals surface area (Å²) in [7, 11) is -3.50. The third kappa shape index (κ3) is 6.32. The van der Waals surface area contributed by atoms with E-state index in [2.05, 4.69) is 5.32 Å². The predicted octanol–water partition coefficient (Wildman–Crippen LogP) is 2.56. The topological polar surface area (TPSA) is 87.0 Å². The van der Waals surface area contributed by atoms with Gasteiger partial charge in [-0.05, 0) is 30.0 Å². The van der Waals surface area contributed by atoms with Crippen molar-refractivity contribution in [3.8, 4) is 6.07 Å². The molecule has 1 aliphatic carbocycles. The molecule has 6 heteroatoms. The molecule has 2 rings (SSSR count). The van der Waals surface area contributed by atoms with Gasteiger partial charge in [-0.3, -0.25) is 4.79 Å². The van der Waals surface area contributed by atoms with E-state index in [1.807, 2.05) is 6.07 Å². The van der Waals surface area contributed by atoms with Gasteiger partial charge >= 0.3 is 0 Å². The highest BCUT2D eigenvalue weighted by molar-refractivity contribution is 7.91. The lowest BCUT2D eigenvalue weighted by atomic mass is 9.87. The Morgan fingerprint density at radius 3 is 2.46 bits per heavy atom. The van der Waals surface area contributed by atoms with Crippen molar-refractivity contribution in [2.45, 2.75) is 44.3 Å². The summed E-state index contributed by atoms with van der Waals surface area (Å²) in [6, 6.07) is 8.36. The number of amides is 1. The number of benzene rings is 1. The average Bonchev–Trinajstić information content (AvgIpc) is 2.55. The zero-order valence-electron chi connectivity index (χ0n) is 13.8. The van der Waals surface area contributed by atoms with Crippen LogP contribution in [0, 0.1) is 17.2 Å². The maximum absolute atomic E-state index is 12.1. The van der Waals surface area contributed by atoms with E-state index in [9.17, 15) is 13.2 Å². The number of carbonyl (C=O) groups is 1. The largest absolute Gasteiger partial charge is 0.355 e. The van der Waals surface area contributed by atoms with Gasteiger partial charge in [-0.15, -0.1) is 0 Å². The third-order valence-electron chi connectivity index (χ3n) is 4.42. The number of carbonyl (C=O) groups excluding carboxylic acids is 1. The molecule has 0 saturated heterocycles. The molecule has 5 nitrogen and oxygen atoms in total. The first-order chi connectivity index (χ1) is 11.5. The molecular formula is C18H24N2O3S. The Labute approximate surface area is 144 Å². The summed E-state index contributed by atoms with van der Waals surface area (Å²) < 4.78 is 24.2. The Morgan fingerprint density at radius 2 is 1.83 bits per heavy atom. The standard InChI is InChI=1S/C18H24N2O3S/c19-12-16-6-8-17(9-7-16)13-24(22,23)14-18(21)20-11-10-15-4-2-1-3-5-15/h6-9,15H,1-5,10-11,13-14H2,(H,20,21). The van der Waals surface area contributed by atoms with Crippen molar-refractivity contribution in [1.29, 1.82) is 5.26 Å². The average molecular weight is 348 g/mol. The van der Waals surface area contributed by atoms with Crippen LogP contribution in [-0.2, 0) is 20.4 Å². The summed E-state index contributed by atoms with van der Waals surface area (Å²) in [5, 5.41) is 11.5. The second kappa shape index (κ2) is 8.84. The van der Waals surface area contributed by atoms with E-state index in [1.165, 1.54) is 32.1 Å². The fraction of sp³-hybridized carbons (Fsp3) is 0.556. The Balaban J connectivity index is 1.75. The van der Waals surface area contributed by atoms with Crippen molar-refractivity contribution in [2.24, 2.45) is 5.92 Å². The van der Waals surface area contributed by atoms with E-state index in [0.717, 1.165) is 6.42 Å². The van der Waals surface area contributed by atoms with Crippen molar-refractivity contribution in [3.63, 3.8) is 0 Å². The lowest BCUT2D eigenvalue weighted by Crippen LogP contribution is -2.32. The molecule has 1 aliphatic rings. The lowest BCUT2D eigenvalue weighted by Gasteiger charge is -2.21. The summed E-state index contributed by atoms with van der Waals surface area (Å²) >= 11 is 0. The van der Waals surface area contributed by atoms with E-state index in [-0.39, 0.29) is 5.75 Å². The van der Waals surface area contributed by atoms with Crippen LogP contribution in [0.3, 0.4) is 0 Å². The molecule has 130 valence electrons. The second-order valence-electron chi connectivity index (χ2n) is 6.48. The zero-order valence-corrected chi connectivity index (χ0v) is 14.6. The number of rotatable bonds is 7. The van der Waals surface area contributed by atoms with Crippen LogP contribution in [0.2, 0.25) is 0 Å². The van der Waals surface area contributed by atoms with Crippen LogP contribution in [0.1, 0.15) is 49.7 Å². The van der Waals surface area contributed by atoms with Gasteiger partial charge in [-0.2, -0.15) is 5.26 Å². The fourth-order valence-electron chi connectivity index (χ4n) is 3.12. The molecule has 0 spiro atoms. The molecular weight excluding hydrogens is 324 g/mol. The molecule has 1 saturated carbocycles. The number of nitrogens with one attached hydrogen (secondary N) is 1. The Morgan fingerprint density at radius 1 is 1.17 bits per heavy atom. The molecule has 24 heavy (non-hydrogen) atoms. The van der Waals surface area contributed by atoms with E-state index in [4.69, 9.17) is 5.26 Å². The number of nitriles is 1. The first-order valence-electron chi connectivity index (χ1n) is 8.45. The van der Waals surface area contributed by atoms with Gasteiger partial charge in [0.2, 0.25) is 5.91 Å². The minimum Gasteiger partial charge on any atom is -0.355 e. The molecule has 1 aromatic carbocycles. The van der Waals surface area contributed by atoms with E-state index in [1.54, 1.807) is 24.3 Å². The van der Waals surface area contributed by atoms with Gasteiger partial charge in [0.25, 0.3) is 0 Å². The van der Waals surface area contributed by atoms with E-state index >= 15 is 0 Å². The number of nitrogens with zero attached hydrogens (tertiary/aromatic N) is 1. The highest BCUT2D eigenvalue weighted by atomic mass is 32.2. The molecule has 0 atom stereocenters. The molecule has 0 unspecified atom stereocenters. The summed E-state index contributed by atoms with van der Waals surface area (Å²) in [6.07, 6.45) is 7.19. The second-order valence-corrected chi connectivity index (χ2v) is 8.55. The van der Waals surface area contributed by atoms with Gasteiger partial charge in [0.05, 0.1) is 17.4 Å². The van der Waals surface area contributed by atoms with E-state index in [0.29, 0.717) is 23.6 Å². The lowest BCUT2D eigenvalue weighted by molar-refractivity contribution is -0.118. The predicted molar refractivity (Wildman–Crippen MR) is 92.8 cm³/mol. The maximum atomic E-state index is 12.1. The number of hydrogen-bond acceptors (Lipinski definition) is 4. The molecule has 0 radical (unpaired) electrons. The van der Waals surface area contributed by atoms with Gasteiger partial charge in [0.1, 0.15) is 5.75 Å². The van der Waals surface area contributed by atoms with Crippen LogP contribution < -0.4 is 5.32 Å². The first-order valence-corrected chi connectivity index (χ1v) is 10.3. The number of hydrogen-bond donors (Lipinski definition) is 1. The summed E-state index contributed by atoms with van der Waals surface area (Å²) in [6.45, 7) is 0.551. The Bertz CT molecular complexity index is 684. The van der Waals surface area contributed by atoms with Gasteiger partial charge in [0, 0.05) is 6.54 Å². The van der Waals surface area contributed by atoms with Gasteiger partial charge in [-0.1, -0.05) is 44.2 Å². The molecule has 1 amide bonds. The SMILES string of the molecule is N#Cc1ccc(CS(=O)(=O)CC(=O)NCCC2CCCCC2)cc1. The van der Waals surface area contributed by atoms with Crippen LogP contribution in [0.15, 0.2) is 24.3 Å². The Hall–Kier alpha value is -1.87. The zero-order chi connectivity index (χ0) is 17.4. The molecule has 0 bridgehead atoms. The Kier molecular flexibility index (Phi) is 6.80. The summed E-state index contributed by atoms with van der Waals surface area (Å²) in [4.78, 5) is 11.9. The molecule has 0 aliphatic heterocycles. The number of sulfone groups is 1. The molecule has 0 aromatic heterocycles. The van der Waals surface area contributed by atoms with Crippen molar-refractivity contribution >= 4 is 15.7 Å². The highest BCUT2D eigenvalue weighted by Crippen LogP contribution is 2.25. The summed E-state index contributed by atoms with van der Waals surface area (Å²) in [5.41, 5.74) is 1.07. The minimum absolute atomic E-state index is 0.186. The minimum atomic E-state index is -3.50. The summed E-state index contributed by atoms with van der Waals surface area (Å²) in [5.74, 6) is -0.444. The van der Waals surface area contributed by atoms with Crippen molar-refractivity contribution in [3.05, 3.63) is 35.4 Å². The van der Waals surface area contributed by atoms with Crippen LogP contribution in [-0.4, -0.2) is 26.6 Å². The van der Waals surface area contributed by atoms with Gasteiger partial charge < -0.3 is 5.32 Å². The van der Waals surface area contributed by atoms with Gasteiger partial charge in [0.15, 0.2) is 9.84 Å². The van der Waals surface area contributed by atoms with Crippen LogP contribution in [0.5, 0.6) is 0 Å². The molecule has 1 aromatic rings. The van der Waals surface area contributed by atoms with Gasteiger partial charge in [-0.25, -0.2) is 8.42 Å². The molecule has 1 fully saturated rings. The maximum Gasteiger partial charge on any atom is 0.235 e. The van der Waals surface area contributed by atoms with Crippen molar-refractivity contribution < 1.29 is 13.2 Å². The monoisotopic (exact) mass is 348 g/mol. The third-order valence-corrected chi connectivity index (χ3v) is 5.90. The highest BCUT2D eigenvalue weighted by Gasteiger charge is 2.18. The smallest absolute Gasteiger partial charge is 0.235 e. The normalized spacial score (nSPS) is 15.6. The molecule has 0 heterocycles.